The number of fused-ring (bicyclic) bond motifs is 1. The average Bonchev–Trinajstić information content (AvgIpc) is 3.39. The molecule has 0 spiro atoms. The van der Waals surface area contributed by atoms with Gasteiger partial charge in [-0.05, 0) is 80.4 Å². The summed E-state index contributed by atoms with van der Waals surface area (Å²) >= 11 is 7.59. The Morgan fingerprint density at radius 1 is 0.917 bits per heavy atom. The van der Waals surface area contributed by atoms with Gasteiger partial charge >= 0.3 is 0 Å². The summed E-state index contributed by atoms with van der Waals surface area (Å²) in [6.07, 6.45) is 1.81. The highest BCUT2D eigenvalue weighted by molar-refractivity contribution is 7.07. The smallest absolute Gasteiger partial charge is 0.271 e. The fourth-order valence-corrected chi connectivity index (χ4v) is 6.72. The van der Waals surface area contributed by atoms with Crippen molar-refractivity contribution in [3.8, 4) is 17.2 Å². The maximum absolute atomic E-state index is 14.2. The highest BCUT2D eigenvalue weighted by atomic mass is 35.5. The van der Waals surface area contributed by atoms with Gasteiger partial charge < -0.3 is 19.5 Å². The van der Waals surface area contributed by atoms with Gasteiger partial charge in [0.05, 0.1) is 35.1 Å². The number of hydrogen-bond donors (Lipinski definition) is 1. The number of rotatable bonds is 11. The molecule has 48 heavy (non-hydrogen) atoms. The van der Waals surface area contributed by atoms with E-state index >= 15 is 0 Å². The van der Waals surface area contributed by atoms with E-state index < -0.39 is 6.04 Å². The SMILES string of the molecule is CCOc1ccc([C@@H]2C(C(=O)Nc3ccccc3)=C(C)N=c3s/c(=C\c4ccc(OCc5ccccc5Cl)c(OCC)c4)c(=O)n32)cc1. The van der Waals surface area contributed by atoms with Crippen LogP contribution in [0.5, 0.6) is 17.2 Å². The van der Waals surface area contributed by atoms with Crippen LogP contribution >= 0.6 is 22.9 Å². The van der Waals surface area contributed by atoms with Gasteiger partial charge in [-0.3, -0.25) is 14.2 Å². The van der Waals surface area contributed by atoms with Crippen LogP contribution in [-0.2, 0) is 11.4 Å². The number of nitrogens with one attached hydrogen (secondary N) is 1. The summed E-state index contributed by atoms with van der Waals surface area (Å²) in [6, 6.07) is 29.0. The largest absolute Gasteiger partial charge is 0.494 e. The lowest BCUT2D eigenvalue weighted by molar-refractivity contribution is -0.113. The van der Waals surface area contributed by atoms with E-state index in [1.54, 1.807) is 11.5 Å². The first-order valence-corrected chi connectivity index (χ1v) is 16.8. The second-order valence-electron chi connectivity index (χ2n) is 10.9. The number of halogens is 1. The zero-order valence-corrected chi connectivity index (χ0v) is 28.3. The fraction of sp³-hybridized carbons (Fsp3) is 0.184. The first-order chi connectivity index (χ1) is 23.4. The van der Waals surface area contributed by atoms with Gasteiger partial charge in [-0.25, -0.2) is 4.99 Å². The molecule has 4 aromatic carbocycles. The van der Waals surface area contributed by atoms with Crippen LogP contribution in [0.2, 0.25) is 5.02 Å². The molecule has 0 radical (unpaired) electrons. The number of carbonyl (C=O) groups excluding carboxylic acids is 1. The van der Waals surface area contributed by atoms with Crippen molar-refractivity contribution < 1.29 is 19.0 Å². The third-order valence-corrected chi connectivity index (χ3v) is 9.06. The van der Waals surface area contributed by atoms with Gasteiger partial charge in [-0.2, -0.15) is 0 Å². The van der Waals surface area contributed by atoms with Crippen LogP contribution < -0.4 is 34.4 Å². The Labute approximate surface area is 287 Å². The molecule has 0 fully saturated rings. The quantitative estimate of drug-likeness (QED) is 0.164. The van der Waals surface area contributed by atoms with Crippen LogP contribution in [0.25, 0.3) is 6.08 Å². The molecular formula is C38H34ClN3O5S. The van der Waals surface area contributed by atoms with E-state index in [1.165, 1.54) is 11.3 Å². The molecule has 1 aliphatic heterocycles. The first kappa shape index (κ1) is 32.8. The standard InChI is InChI=1S/C38H34ClN3O5S/c1-4-45-29-18-16-26(17-19-29)35-34(36(43)41-28-12-7-6-8-13-28)24(3)40-38-42(35)37(44)33(48-38)22-25-15-20-31(32(21-25)46-5-2)47-23-27-11-9-10-14-30(27)39/h6-22,35H,4-5,23H2,1-3H3,(H,41,43)/b33-22-/t35-/m1/s1. The number of anilines is 1. The predicted molar refractivity (Wildman–Crippen MR) is 190 cm³/mol. The number of carbonyl (C=O) groups is 1. The Morgan fingerprint density at radius 2 is 1.65 bits per heavy atom. The van der Waals surface area contributed by atoms with Crippen LogP contribution in [0.3, 0.4) is 0 Å². The number of thiazole rings is 1. The molecule has 244 valence electrons. The van der Waals surface area contributed by atoms with Gasteiger partial charge in [-0.15, -0.1) is 0 Å². The summed E-state index contributed by atoms with van der Waals surface area (Å²) in [5.41, 5.74) is 3.69. The lowest BCUT2D eigenvalue weighted by Crippen LogP contribution is -2.40. The molecule has 1 aromatic heterocycles. The number of ether oxygens (including phenoxy) is 3. The lowest BCUT2D eigenvalue weighted by Gasteiger charge is -2.25. The molecule has 0 bridgehead atoms. The number of hydrogen-bond acceptors (Lipinski definition) is 7. The van der Waals surface area contributed by atoms with Crippen LogP contribution in [0.4, 0.5) is 5.69 Å². The number of allylic oxidation sites excluding steroid dienone is 1. The van der Waals surface area contributed by atoms with E-state index in [4.69, 9.17) is 30.8 Å². The van der Waals surface area contributed by atoms with Gasteiger partial charge in [0, 0.05) is 16.3 Å². The van der Waals surface area contributed by atoms with E-state index in [-0.39, 0.29) is 18.1 Å². The monoisotopic (exact) mass is 679 g/mol. The highest BCUT2D eigenvalue weighted by Crippen LogP contribution is 2.33. The summed E-state index contributed by atoms with van der Waals surface area (Å²) in [4.78, 5) is 33.3. The van der Waals surface area contributed by atoms with Crippen molar-refractivity contribution in [3.63, 3.8) is 0 Å². The molecule has 1 amide bonds. The Kier molecular flexibility index (Phi) is 10.1. The molecule has 2 heterocycles. The van der Waals surface area contributed by atoms with Gasteiger partial charge in [-0.1, -0.05) is 77.5 Å². The zero-order valence-electron chi connectivity index (χ0n) is 26.7. The van der Waals surface area contributed by atoms with E-state index in [1.807, 2.05) is 117 Å². The van der Waals surface area contributed by atoms with Gasteiger partial charge in [0.15, 0.2) is 16.3 Å². The maximum Gasteiger partial charge on any atom is 0.271 e. The maximum atomic E-state index is 14.2. The summed E-state index contributed by atoms with van der Waals surface area (Å²) in [5.74, 6) is 1.49. The van der Waals surface area contributed by atoms with Crippen molar-refractivity contribution in [1.29, 1.82) is 0 Å². The number of benzene rings is 4. The molecule has 5 aromatic rings. The Balaban J connectivity index is 1.39. The van der Waals surface area contributed by atoms with Crippen molar-refractivity contribution in [2.24, 2.45) is 4.99 Å². The summed E-state index contributed by atoms with van der Waals surface area (Å²) < 4.78 is 19.7. The zero-order chi connectivity index (χ0) is 33.6. The predicted octanol–water partition coefficient (Wildman–Crippen LogP) is 6.90. The number of aromatic nitrogens is 1. The third-order valence-electron chi connectivity index (χ3n) is 7.71. The summed E-state index contributed by atoms with van der Waals surface area (Å²) in [6.45, 7) is 6.86. The fourth-order valence-electron chi connectivity index (χ4n) is 5.48. The molecule has 1 atom stereocenters. The molecular weight excluding hydrogens is 646 g/mol. The van der Waals surface area contributed by atoms with Gasteiger partial charge in [0.25, 0.3) is 11.5 Å². The molecule has 0 unspecified atom stereocenters. The third kappa shape index (κ3) is 7.07. The molecule has 0 saturated heterocycles. The molecule has 10 heteroatoms. The Bertz CT molecular complexity index is 2160. The van der Waals surface area contributed by atoms with Crippen molar-refractivity contribution in [2.45, 2.75) is 33.4 Å². The van der Waals surface area contributed by atoms with Crippen molar-refractivity contribution in [3.05, 3.63) is 150 Å². The molecule has 0 aliphatic carbocycles. The minimum Gasteiger partial charge on any atom is -0.494 e. The summed E-state index contributed by atoms with van der Waals surface area (Å²) in [7, 11) is 0. The normalized spacial score (nSPS) is 14.2. The van der Waals surface area contributed by atoms with Crippen molar-refractivity contribution in [1.82, 2.24) is 4.57 Å². The first-order valence-electron chi connectivity index (χ1n) is 15.6. The Hall–Kier alpha value is -5.12. The van der Waals surface area contributed by atoms with Crippen LogP contribution in [0.15, 0.2) is 118 Å². The Morgan fingerprint density at radius 3 is 2.38 bits per heavy atom. The van der Waals surface area contributed by atoms with Gasteiger partial charge in [0.1, 0.15) is 12.4 Å². The number of amides is 1. The molecule has 8 nitrogen and oxygen atoms in total. The highest BCUT2D eigenvalue weighted by Gasteiger charge is 2.32. The van der Waals surface area contributed by atoms with E-state index in [2.05, 4.69) is 5.32 Å². The molecule has 1 N–H and O–H groups in total. The molecule has 0 saturated carbocycles. The van der Waals surface area contributed by atoms with E-state index in [0.717, 1.165) is 16.7 Å². The average molecular weight is 680 g/mol. The van der Waals surface area contributed by atoms with Crippen molar-refractivity contribution in [2.75, 3.05) is 18.5 Å². The van der Waals surface area contributed by atoms with E-state index in [0.29, 0.717) is 61.8 Å². The van der Waals surface area contributed by atoms with Crippen LogP contribution in [0, 0.1) is 0 Å². The van der Waals surface area contributed by atoms with Gasteiger partial charge in [0.2, 0.25) is 0 Å². The number of para-hydroxylation sites is 1. The van der Waals surface area contributed by atoms with Crippen LogP contribution in [-0.4, -0.2) is 23.7 Å². The van der Waals surface area contributed by atoms with E-state index in [9.17, 15) is 9.59 Å². The minimum absolute atomic E-state index is 0.257. The molecule has 1 aliphatic rings. The lowest BCUT2D eigenvalue weighted by atomic mass is 9.95. The van der Waals surface area contributed by atoms with Crippen LogP contribution in [0.1, 0.15) is 43.5 Å². The van der Waals surface area contributed by atoms with Crippen molar-refractivity contribution >= 4 is 40.6 Å². The second-order valence-corrected chi connectivity index (χ2v) is 12.3. The topological polar surface area (TPSA) is 91.2 Å². The number of nitrogens with zero attached hydrogens (tertiary/aromatic N) is 2. The second kappa shape index (κ2) is 14.8. The minimum atomic E-state index is -0.706. The molecule has 6 rings (SSSR count). The summed E-state index contributed by atoms with van der Waals surface area (Å²) in [5, 5.41) is 3.61.